The number of rotatable bonds is 4. The number of carbonyl (C=O) groups is 1. The first-order chi connectivity index (χ1) is 13.2. The number of halogens is 3. The Labute approximate surface area is 161 Å². The average molecular weight is 427 g/mol. The molecule has 1 aliphatic rings. The van der Waals surface area contributed by atoms with Crippen molar-refractivity contribution in [1.29, 1.82) is 0 Å². The van der Waals surface area contributed by atoms with Gasteiger partial charge in [0.1, 0.15) is 15.6 Å². The van der Waals surface area contributed by atoms with Crippen molar-refractivity contribution in [2.45, 2.75) is 13.3 Å². The average Bonchev–Trinajstić information content (AvgIpc) is 3.23. The Morgan fingerprint density at radius 2 is 1.96 bits per heavy atom. The van der Waals surface area contributed by atoms with Crippen LogP contribution in [-0.2, 0) is 4.79 Å². The number of amides is 1. The SMILES string of the molecule is Cc1nnc(Nc2nc(O)c(C3=c4cc(OC(F)(F)F)ccc4=NC3=O)s2)s1. The number of carbonyl (C=O) groups excluding carboxylic acids is 1. The van der Waals surface area contributed by atoms with Crippen molar-refractivity contribution in [2.24, 2.45) is 4.99 Å². The van der Waals surface area contributed by atoms with Crippen molar-refractivity contribution in [3.05, 3.63) is 38.7 Å². The van der Waals surface area contributed by atoms with Gasteiger partial charge in [0, 0.05) is 5.22 Å². The molecule has 0 spiro atoms. The number of hydrogen-bond donors (Lipinski definition) is 2. The number of anilines is 2. The number of hydrogen-bond acceptors (Lipinski definition) is 9. The van der Waals surface area contributed by atoms with Gasteiger partial charge in [0.05, 0.1) is 10.9 Å². The topological polar surface area (TPSA) is 110 Å². The highest BCUT2D eigenvalue weighted by Gasteiger charge is 2.32. The van der Waals surface area contributed by atoms with Crippen molar-refractivity contribution in [1.82, 2.24) is 15.2 Å². The zero-order chi connectivity index (χ0) is 20.1. The molecular formula is C15H8F3N5O3S2. The van der Waals surface area contributed by atoms with E-state index in [0.717, 1.165) is 23.5 Å². The van der Waals surface area contributed by atoms with Crippen LogP contribution in [0.3, 0.4) is 0 Å². The van der Waals surface area contributed by atoms with Crippen molar-refractivity contribution in [3.63, 3.8) is 0 Å². The van der Waals surface area contributed by atoms with Crippen LogP contribution in [0.2, 0.25) is 0 Å². The molecule has 2 aromatic heterocycles. The summed E-state index contributed by atoms with van der Waals surface area (Å²) in [7, 11) is 0. The lowest BCUT2D eigenvalue weighted by atomic mass is 10.1. The summed E-state index contributed by atoms with van der Waals surface area (Å²) in [6.45, 7) is 1.76. The van der Waals surface area contributed by atoms with Crippen LogP contribution >= 0.6 is 22.7 Å². The monoisotopic (exact) mass is 427 g/mol. The molecule has 2 N–H and O–H groups in total. The van der Waals surface area contributed by atoms with Gasteiger partial charge < -0.3 is 15.2 Å². The molecule has 0 radical (unpaired) electrons. The van der Waals surface area contributed by atoms with Gasteiger partial charge >= 0.3 is 6.36 Å². The van der Waals surface area contributed by atoms with E-state index in [4.69, 9.17) is 0 Å². The Hall–Kier alpha value is -3.06. The molecule has 0 saturated heterocycles. The third-order valence-electron chi connectivity index (χ3n) is 3.48. The van der Waals surface area contributed by atoms with E-state index in [-0.39, 0.29) is 26.2 Å². The highest BCUT2D eigenvalue weighted by Crippen LogP contribution is 2.35. The summed E-state index contributed by atoms with van der Waals surface area (Å²) in [5.74, 6) is -1.65. The first kappa shape index (κ1) is 18.3. The van der Waals surface area contributed by atoms with Crippen molar-refractivity contribution >= 4 is 44.4 Å². The number of benzene rings is 1. The summed E-state index contributed by atoms with van der Waals surface area (Å²) in [5.41, 5.74) is -0.0564. The molecule has 28 heavy (non-hydrogen) atoms. The van der Waals surface area contributed by atoms with E-state index in [9.17, 15) is 23.1 Å². The van der Waals surface area contributed by atoms with E-state index in [0.29, 0.717) is 10.1 Å². The Kier molecular flexibility index (Phi) is 4.27. The standard InChI is InChI=1S/C15H8F3N5O3S2/c1-5-22-23-14(27-5)21-13-20-12(25)10(28-13)9-7-4-6(26-15(16,17)18)2-3-8(7)19-11(9)24/h2-4,25H,1H3,(H,20,21,23). The molecule has 3 aromatic rings. The quantitative estimate of drug-likeness (QED) is 0.656. The van der Waals surface area contributed by atoms with Crippen LogP contribution in [0.25, 0.3) is 5.57 Å². The molecule has 3 heterocycles. The largest absolute Gasteiger partial charge is 0.573 e. The minimum Gasteiger partial charge on any atom is -0.492 e. The number of nitrogens with zero attached hydrogens (tertiary/aromatic N) is 4. The highest BCUT2D eigenvalue weighted by atomic mass is 32.1. The zero-order valence-electron chi connectivity index (χ0n) is 13.7. The molecule has 0 fully saturated rings. The number of fused-ring (bicyclic) bond motifs is 1. The van der Waals surface area contributed by atoms with Gasteiger partial charge in [-0.25, -0.2) is 4.99 Å². The molecule has 0 aliphatic carbocycles. The summed E-state index contributed by atoms with van der Waals surface area (Å²) in [4.78, 5) is 20.1. The maximum absolute atomic E-state index is 12.5. The lowest BCUT2D eigenvalue weighted by Crippen LogP contribution is -2.25. The van der Waals surface area contributed by atoms with Crippen LogP contribution in [0.5, 0.6) is 11.6 Å². The molecule has 1 aromatic carbocycles. The van der Waals surface area contributed by atoms with E-state index in [2.05, 4.69) is 30.2 Å². The van der Waals surface area contributed by atoms with Crippen molar-refractivity contribution in [2.75, 3.05) is 5.32 Å². The number of nitrogens with one attached hydrogen (secondary N) is 1. The molecule has 0 atom stereocenters. The van der Waals surface area contributed by atoms with E-state index in [1.54, 1.807) is 6.92 Å². The maximum Gasteiger partial charge on any atom is 0.573 e. The van der Waals surface area contributed by atoms with Crippen LogP contribution < -0.4 is 20.6 Å². The lowest BCUT2D eigenvalue weighted by molar-refractivity contribution is -0.274. The predicted molar refractivity (Wildman–Crippen MR) is 93.1 cm³/mol. The summed E-state index contributed by atoms with van der Waals surface area (Å²) in [5, 5.41) is 22.4. The molecule has 0 unspecified atom stereocenters. The molecule has 1 aliphatic heterocycles. The van der Waals surface area contributed by atoms with Crippen LogP contribution in [-0.4, -0.2) is 32.6 Å². The van der Waals surface area contributed by atoms with Gasteiger partial charge in [-0.05, 0) is 25.1 Å². The van der Waals surface area contributed by atoms with Gasteiger partial charge in [-0.1, -0.05) is 22.7 Å². The van der Waals surface area contributed by atoms with Crippen LogP contribution in [0.15, 0.2) is 23.2 Å². The maximum atomic E-state index is 12.5. The normalized spacial score (nSPS) is 13.4. The van der Waals surface area contributed by atoms with Gasteiger partial charge in [-0.2, -0.15) is 4.98 Å². The van der Waals surface area contributed by atoms with Crippen LogP contribution in [0.1, 0.15) is 9.88 Å². The van der Waals surface area contributed by atoms with E-state index in [1.165, 1.54) is 17.4 Å². The molecule has 144 valence electrons. The van der Waals surface area contributed by atoms with Crippen molar-refractivity contribution < 1.29 is 27.8 Å². The number of thiazole rings is 1. The van der Waals surface area contributed by atoms with E-state index >= 15 is 0 Å². The third kappa shape index (κ3) is 3.53. The third-order valence-corrected chi connectivity index (χ3v) is 5.21. The minimum atomic E-state index is -4.88. The number of ether oxygens (including phenoxy) is 1. The first-order valence-corrected chi connectivity index (χ1v) is 9.13. The van der Waals surface area contributed by atoms with Gasteiger partial charge in [-0.3, -0.25) is 4.79 Å². The molecule has 0 bridgehead atoms. The number of aromatic hydroxyl groups is 1. The smallest absolute Gasteiger partial charge is 0.492 e. The van der Waals surface area contributed by atoms with Crippen LogP contribution in [0, 0.1) is 6.92 Å². The molecular weight excluding hydrogens is 419 g/mol. The second-order valence-corrected chi connectivity index (χ2v) is 7.62. The van der Waals surface area contributed by atoms with Gasteiger partial charge in [0.15, 0.2) is 5.13 Å². The number of aromatic nitrogens is 3. The molecule has 13 heteroatoms. The van der Waals surface area contributed by atoms with Gasteiger partial charge in [0.2, 0.25) is 11.0 Å². The lowest BCUT2D eigenvalue weighted by Gasteiger charge is -2.08. The summed E-state index contributed by atoms with van der Waals surface area (Å²) in [6, 6.07) is 3.35. The minimum absolute atomic E-state index is 0.0564. The molecule has 4 rings (SSSR count). The summed E-state index contributed by atoms with van der Waals surface area (Å²) in [6.07, 6.45) is -4.88. The first-order valence-electron chi connectivity index (χ1n) is 7.50. The van der Waals surface area contributed by atoms with E-state index < -0.39 is 23.9 Å². The molecule has 1 amide bonds. The summed E-state index contributed by atoms with van der Waals surface area (Å²) >= 11 is 2.20. The molecule has 0 saturated carbocycles. The predicted octanol–water partition coefficient (Wildman–Crippen LogP) is 2.01. The number of aryl methyl sites for hydroxylation is 1. The van der Waals surface area contributed by atoms with Gasteiger partial charge in [-0.15, -0.1) is 23.4 Å². The highest BCUT2D eigenvalue weighted by molar-refractivity contribution is 7.18. The zero-order valence-corrected chi connectivity index (χ0v) is 15.4. The molecule has 8 nitrogen and oxygen atoms in total. The second-order valence-electron chi connectivity index (χ2n) is 5.44. The fraction of sp³-hybridized carbons (Fsp3) is 0.133. The Morgan fingerprint density at radius 1 is 1.18 bits per heavy atom. The second kappa shape index (κ2) is 6.53. The Morgan fingerprint density at radius 3 is 2.64 bits per heavy atom. The van der Waals surface area contributed by atoms with Crippen molar-refractivity contribution in [3.8, 4) is 11.6 Å². The Bertz CT molecular complexity index is 1220. The van der Waals surface area contributed by atoms with Gasteiger partial charge in [0.25, 0.3) is 5.91 Å². The number of alkyl halides is 3. The van der Waals surface area contributed by atoms with Crippen LogP contribution in [0.4, 0.5) is 23.4 Å². The van der Waals surface area contributed by atoms with E-state index in [1.807, 2.05) is 0 Å². The fourth-order valence-electron chi connectivity index (χ4n) is 2.48. The fourth-order valence-corrected chi connectivity index (χ4v) is 4.04. The summed E-state index contributed by atoms with van der Waals surface area (Å²) < 4.78 is 41.3. The Balaban J connectivity index is 1.78.